The zero-order valence-electron chi connectivity index (χ0n) is 14.7. The highest BCUT2D eigenvalue weighted by atomic mass is 16.5. The van der Waals surface area contributed by atoms with Crippen molar-refractivity contribution in [3.8, 4) is 0 Å². The molecule has 2 aromatic carbocycles. The summed E-state index contributed by atoms with van der Waals surface area (Å²) in [6, 6.07) is 15.2. The van der Waals surface area contributed by atoms with Crippen LogP contribution in [-0.2, 0) is 11.2 Å². The van der Waals surface area contributed by atoms with Crippen molar-refractivity contribution >= 4 is 16.7 Å². The smallest absolute Gasteiger partial charge is 0.193 e. The van der Waals surface area contributed by atoms with Crippen LogP contribution in [0, 0.1) is 5.92 Å². The van der Waals surface area contributed by atoms with E-state index >= 15 is 0 Å². The topological polar surface area (TPSA) is 36.9 Å². The van der Waals surface area contributed by atoms with Crippen LogP contribution in [0.25, 0.3) is 10.8 Å². The van der Waals surface area contributed by atoms with Crippen LogP contribution in [0.3, 0.4) is 0 Å². The molecule has 2 aromatic rings. The number of likely N-dealkylation sites (tertiary alicyclic amines) is 1. The lowest BCUT2D eigenvalue weighted by Crippen LogP contribution is -2.41. The van der Waals surface area contributed by atoms with Crippen molar-refractivity contribution in [1.29, 1.82) is 0 Å². The van der Waals surface area contributed by atoms with Crippen LogP contribution in [0.15, 0.2) is 47.5 Å². The van der Waals surface area contributed by atoms with Gasteiger partial charge in [0.2, 0.25) is 0 Å². The number of hydrogen-bond donors (Lipinski definition) is 1. The van der Waals surface area contributed by atoms with Gasteiger partial charge in [-0.05, 0) is 29.2 Å². The van der Waals surface area contributed by atoms with E-state index in [0.29, 0.717) is 5.92 Å². The minimum absolute atomic E-state index is 0.619. The van der Waals surface area contributed by atoms with Crippen LogP contribution >= 0.6 is 0 Å². The van der Waals surface area contributed by atoms with Gasteiger partial charge in [0.05, 0.1) is 6.61 Å². The predicted octanol–water partition coefficient (Wildman–Crippen LogP) is 2.93. The maximum Gasteiger partial charge on any atom is 0.193 e. The quantitative estimate of drug-likeness (QED) is 0.678. The van der Waals surface area contributed by atoms with E-state index < -0.39 is 0 Å². The zero-order chi connectivity index (χ0) is 16.8. The van der Waals surface area contributed by atoms with Crippen molar-refractivity contribution < 1.29 is 4.74 Å². The zero-order valence-corrected chi connectivity index (χ0v) is 14.7. The molecule has 0 amide bonds. The molecule has 1 saturated heterocycles. The molecule has 4 nitrogen and oxygen atoms in total. The molecule has 0 spiro atoms. The molecule has 1 N–H and O–H groups in total. The third kappa shape index (κ3) is 4.06. The number of nitrogens with one attached hydrogen (secondary N) is 1. The number of hydrogen-bond acceptors (Lipinski definition) is 2. The van der Waals surface area contributed by atoms with E-state index in [1.807, 2.05) is 7.05 Å². The Morgan fingerprint density at radius 1 is 1.25 bits per heavy atom. The minimum atomic E-state index is 0.619. The van der Waals surface area contributed by atoms with Crippen LogP contribution in [0.2, 0.25) is 0 Å². The summed E-state index contributed by atoms with van der Waals surface area (Å²) in [5.74, 6) is 1.63. The van der Waals surface area contributed by atoms with E-state index in [9.17, 15) is 0 Å². The highest BCUT2D eigenvalue weighted by molar-refractivity contribution is 5.83. The van der Waals surface area contributed by atoms with Crippen LogP contribution in [0.1, 0.15) is 12.0 Å². The normalized spacial score (nSPS) is 18.3. The van der Waals surface area contributed by atoms with Gasteiger partial charge in [-0.2, -0.15) is 0 Å². The Labute approximate surface area is 144 Å². The molecule has 0 bridgehead atoms. The third-order valence-corrected chi connectivity index (χ3v) is 4.71. The Morgan fingerprint density at radius 2 is 2.08 bits per heavy atom. The summed E-state index contributed by atoms with van der Waals surface area (Å²) in [4.78, 5) is 6.77. The van der Waals surface area contributed by atoms with Crippen LogP contribution in [-0.4, -0.2) is 51.3 Å². The van der Waals surface area contributed by atoms with E-state index in [0.717, 1.165) is 38.6 Å². The summed E-state index contributed by atoms with van der Waals surface area (Å²) >= 11 is 0. The number of aliphatic imine (C=N–C) groups is 1. The van der Waals surface area contributed by atoms with Gasteiger partial charge < -0.3 is 15.0 Å². The van der Waals surface area contributed by atoms with Gasteiger partial charge in [-0.15, -0.1) is 0 Å². The number of nitrogens with zero attached hydrogens (tertiary/aromatic N) is 2. The van der Waals surface area contributed by atoms with Crippen molar-refractivity contribution in [2.75, 3.05) is 40.4 Å². The van der Waals surface area contributed by atoms with Crippen LogP contribution < -0.4 is 5.32 Å². The Morgan fingerprint density at radius 3 is 2.88 bits per heavy atom. The monoisotopic (exact) mass is 325 g/mol. The summed E-state index contributed by atoms with van der Waals surface area (Å²) in [5, 5.41) is 6.11. The van der Waals surface area contributed by atoms with Crippen molar-refractivity contribution in [1.82, 2.24) is 10.2 Å². The number of guanidine groups is 1. The molecule has 128 valence electrons. The Hall–Kier alpha value is -2.07. The molecule has 1 atom stereocenters. The Kier molecular flexibility index (Phi) is 5.70. The number of methoxy groups -OCH3 is 1. The molecule has 3 rings (SSSR count). The second-order valence-electron chi connectivity index (χ2n) is 6.46. The Bertz CT molecular complexity index is 698. The van der Waals surface area contributed by atoms with Gasteiger partial charge in [0, 0.05) is 39.7 Å². The fraction of sp³-hybridized carbons (Fsp3) is 0.450. The van der Waals surface area contributed by atoms with E-state index in [1.165, 1.54) is 22.8 Å². The van der Waals surface area contributed by atoms with Gasteiger partial charge in [-0.1, -0.05) is 42.5 Å². The molecule has 0 aliphatic carbocycles. The van der Waals surface area contributed by atoms with Gasteiger partial charge >= 0.3 is 0 Å². The summed E-state index contributed by atoms with van der Waals surface area (Å²) in [6.07, 6.45) is 2.18. The molecule has 1 heterocycles. The second-order valence-corrected chi connectivity index (χ2v) is 6.46. The molecule has 0 radical (unpaired) electrons. The Balaban J connectivity index is 1.52. The molecule has 1 aliphatic rings. The first-order valence-electron chi connectivity index (χ1n) is 8.72. The summed E-state index contributed by atoms with van der Waals surface area (Å²) in [7, 11) is 3.64. The number of ether oxygens (including phenoxy) is 1. The second kappa shape index (κ2) is 8.15. The number of benzene rings is 2. The first-order valence-corrected chi connectivity index (χ1v) is 8.72. The van der Waals surface area contributed by atoms with Gasteiger partial charge in [0.1, 0.15) is 0 Å². The molecule has 0 saturated carbocycles. The number of fused-ring (bicyclic) bond motifs is 1. The lowest BCUT2D eigenvalue weighted by Gasteiger charge is -2.21. The molecule has 1 aliphatic heterocycles. The molecule has 1 fully saturated rings. The predicted molar refractivity (Wildman–Crippen MR) is 101 cm³/mol. The number of rotatable bonds is 5. The van der Waals surface area contributed by atoms with Crippen molar-refractivity contribution in [3.05, 3.63) is 48.0 Å². The van der Waals surface area contributed by atoms with Gasteiger partial charge in [0.15, 0.2) is 5.96 Å². The standard InChI is InChI=1S/C20H27N3O/c1-21-20(23-12-10-17(14-23)15-24-2)22-11-9-16-7-8-18-5-3-4-6-19(18)13-16/h3-8,13,17H,9-12,14-15H2,1-2H3,(H,21,22). The van der Waals surface area contributed by atoms with Crippen molar-refractivity contribution in [2.45, 2.75) is 12.8 Å². The fourth-order valence-electron chi connectivity index (χ4n) is 3.44. The lowest BCUT2D eigenvalue weighted by molar-refractivity contribution is 0.157. The maximum absolute atomic E-state index is 5.27. The molecule has 0 aromatic heterocycles. The summed E-state index contributed by atoms with van der Waals surface area (Å²) < 4.78 is 5.27. The first kappa shape index (κ1) is 16.8. The largest absolute Gasteiger partial charge is 0.384 e. The van der Waals surface area contributed by atoms with Gasteiger partial charge in [0.25, 0.3) is 0 Å². The SMILES string of the molecule is CN=C(NCCc1ccc2ccccc2c1)N1CCC(COC)C1. The molecular formula is C20H27N3O. The van der Waals surface area contributed by atoms with Crippen LogP contribution in [0.5, 0.6) is 0 Å². The summed E-state index contributed by atoms with van der Waals surface area (Å²) in [5.41, 5.74) is 1.36. The third-order valence-electron chi connectivity index (χ3n) is 4.71. The average Bonchev–Trinajstić information content (AvgIpc) is 3.07. The molecular weight excluding hydrogens is 298 g/mol. The van der Waals surface area contributed by atoms with Crippen LogP contribution in [0.4, 0.5) is 0 Å². The van der Waals surface area contributed by atoms with E-state index in [1.54, 1.807) is 7.11 Å². The highest BCUT2D eigenvalue weighted by Gasteiger charge is 2.24. The molecule has 24 heavy (non-hydrogen) atoms. The molecule has 1 unspecified atom stereocenters. The molecule has 4 heteroatoms. The van der Waals surface area contributed by atoms with Gasteiger partial charge in [-0.25, -0.2) is 0 Å². The van der Waals surface area contributed by atoms with E-state index in [-0.39, 0.29) is 0 Å². The van der Waals surface area contributed by atoms with E-state index in [2.05, 4.69) is 57.7 Å². The summed E-state index contributed by atoms with van der Waals surface area (Å²) in [6.45, 7) is 3.83. The lowest BCUT2D eigenvalue weighted by atomic mass is 10.1. The maximum atomic E-state index is 5.27. The average molecular weight is 325 g/mol. The van der Waals surface area contributed by atoms with Gasteiger partial charge in [-0.3, -0.25) is 4.99 Å². The highest BCUT2D eigenvalue weighted by Crippen LogP contribution is 2.17. The van der Waals surface area contributed by atoms with E-state index in [4.69, 9.17) is 4.74 Å². The minimum Gasteiger partial charge on any atom is -0.384 e. The first-order chi connectivity index (χ1) is 11.8. The van der Waals surface area contributed by atoms with Crippen molar-refractivity contribution in [2.24, 2.45) is 10.9 Å². The van der Waals surface area contributed by atoms with Crippen molar-refractivity contribution in [3.63, 3.8) is 0 Å². The fourth-order valence-corrected chi connectivity index (χ4v) is 3.44.